The molecule has 0 aliphatic carbocycles. The molecule has 0 unspecified atom stereocenters. The van der Waals surface area contributed by atoms with Crippen molar-refractivity contribution in [3.63, 3.8) is 0 Å². The van der Waals surface area contributed by atoms with Gasteiger partial charge < -0.3 is 4.74 Å². The van der Waals surface area contributed by atoms with Crippen molar-refractivity contribution in [1.82, 2.24) is 0 Å². The van der Waals surface area contributed by atoms with E-state index in [1.165, 1.54) is 0 Å². The minimum absolute atomic E-state index is 0.0616. The molecular formula is C20H21ClO2. The van der Waals surface area contributed by atoms with Crippen molar-refractivity contribution in [3.8, 4) is 0 Å². The van der Waals surface area contributed by atoms with Crippen molar-refractivity contribution in [2.75, 3.05) is 6.61 Å². The van der Waals surface area contributed by atoms with Crippen LogP contribution in [0, 0.1) is 5.92 Å². The van der Waals surface area contributed by atoms with E-state index in [9.17, 15) is 4.79 Å². The summed E-state index contributed by atoms with van der Waals surface area (Å²) in [7, 11) is 0. The van der Waals surface area contributed by atoms with E-state index in [0.717, 1.165) is 17.5 Å². The van der Waals surface area contributed by atoms with Crippen LogP contribution in [-0.4, -0.2) is 12.6 Å². The fourth-order valence-electron chi connectivity index (χ4n) is 3.73. The normalized spacial score (nSPS) is 24.0. The highest BCUT2D eigenvalue weighted by atomic mass is 35.5. The first-order valence-electron chi connectivity index (χ1n) is 8.03. The fraction of sp³-hybridized carbons (Fsp3) is 0.350. The first-order chi connectivity index (χ1) is 11.1. The molecule has 3 rings (SSSR count). The van der Waals surface area contributed by atoms with E-state index < -0.39 is 5.41 Å². The summed E-state index contributed by atoms with van der Waals surface area (Å²) in [5.74, 6) is 0.168. The van der Waals surface area contributed by atoms with Crippen LogP contribution in [0.2, 0.25) is 5.02 Å². The lowest BCUT2D eigenvalue weighted by molar-refractivity contribution is -0.143. The van der Waals surface area contributed by atoms with Gasteiger partial charge in [-0.15, -0.1) is 0 Å². The molecule has 2 aromatic rings. The SMILES string of the molecule is CC(C)C[C@@]1(c2ccccc2)C(=O)OC[C@H]1c1ccccc1Cl. The molecular weight excluding hydrogens is 308 g/mol. The third-order valence-electron chi connectivity index (χ3n) is 4.64. The Kier molecular flexibility index (Phi) is 4.45. The second-order valence-corrected chi connectivity index (χ2v) is 7.02. The van der Waals surface area contributed by atoms with Gasteiger partial charge in [0.15, 0.2) is 0 Å². The third-order valence-corrected chi connectivity index (χ3v) is 4.98. The molecule has 0 amide bonds. The maximum Gasteiger partial charge on any atom is 0.317 e. The molecule has 2 aromatic carbocycles. The van der Waals surface area contributed by atoms with Crippen molar-refractivity contribution < 1.29 is 9.53 Å². The topological polar surface area (TPSA) is 26.3 Å². The quantitative estimate of drug-likeness (QED) is 0.741. The molecule has 0 N–H and O–H groups in total. The monoisotopic (exact) mass is 328 g/mol. The van der Waals surface area contributed by atoms with Gasteiger partial charge in [0.1, 0.15) is 5.41 Å². The second kappa shape index (κ2) is 6.37. The predicted molar refractivity (Wildman–Crippen MR) is 92.7 cm³/mol. The fourth-order valence-corrected chi connectivity index (χ4v) is 3.99. The van der Waals surface area contributed by atoms with Crippen LogP contribution in [0.5, 0.6) is 0 Å². The summed E-state index contributed by atoms with van der Waals surface area (Å²) < 4.78 is 5.55. The first-order valence-corrected chi connectivity index (χ1v) is 8.40. The van der Waals surface area contributed by atoms with Crippen molar-refractivity contribution in [2.45, 2.75) is 31.6 Å². The van der Waals surface area contributed by atoms with Crippen LogP contribution in [0.4, 0.5) is 0 Å². The Balaban J connectivity index is 2.18. The molecule has 120 valence electrons. The molecule has 0 radical (unpaired) electrons. The largest absolute Gasteiger partial charge is 0.464 e. The van der Waals surface area contributed by atoms with Gasteiger partial charge >= 0.3 is 5.97 Å². The number of benzene rings is 2. The number of ether oxygens (including phenoxy) is 1. The van der Waals surface area contributed by atoms with Gasteiger partial charge in [-0.1, -0.05) is 74.0 Å². The van der Waals surface area contributed by atoms with Gasteiger partial charge in [-0.05, 0) is 29.5 Å². The molecule has 1 heterocycles. The highest BCUT2D eigenvalue weighted by Crippen LogP contribution is 2.50. The summed E-state index contributed by atoms with van der Waals surface area (Å²) >= 11 is 6.44. The van der Waals surface area contributed by atoms with E-state index >= 15 is 0 Å². The highest BCUT2D eigenvalue weighted by Gasteiger charge is 2.54. The highest BCUT2D eigenvalue weighted by molar-refractivity contribution is 6.31. The van der Waals surface area contributed by atoms with Crippen molar-refractivity contribution >= 4 is 17.6 Å². The summed E-state index contributed by atoms with van der Waals surface area (Å²) in [4.78, 5) is 12.9. The first kappa shape index (κ1) is 16.1. The summed E-state index contributed by atoms with van der Waals surface area (Å²) in [6.45, 7) is 4.66. The lowest BCUT2D eigenvalue weighted by atomic mass is 9.65. The standard InChI is InChI=1S/C20H21ClO2/c1-14(2)12-20(15-8-4-3-5-9-15)17(13-23-19(20)22)16-10-6-7-11-18(16)21/h3-11,14,17H,12-13H2,1-2H3/t17-,20-/m0/s1. The zero-order valence-corrected chi connectivity index (χ0v) is 14.2. The summed E-state index contributed by atoms with van der Waals surface area (Å²) in [6.07, 6.45) is 0.742. The molecule has 0 spiro atoms. The van der Waals surface area contributed by atoms with Gasteiger partial charge in [-0.3, -0.25) is 4.79 Å². The average molecular weight is 329 g/mol. The van der Waals surface area contributed by atoms with Crippen LogP contribution < -0.4 is 0 Å². The lowest BCUT2D eigenvalue weighted by Gasteiger charge is -2.33. The third kappa shape index (κ3) is 2.76. The van der Waals surface area contributed by atoms with Crippen LogP contribution in [0.15, 0.2) is 54.6 Å². The van der Waals surface area contributed by atoms with Gasteiger partial charge in [-0.2, -0.15) is 0 Å². The van der Waals surface area contributed by atoms with E-state index in [1.54, 1.807) is 0 Å². The molecule has 0 saturated carbocycles. The van der Waals surface area contributed by atoms with Crippen LogP contribution in [0.1, 0.15) is 37.3 Å². The molecule has 3 heteroatoms. The minimum Gasteiger partial charge on any atom is -0.464 e. The Hall–Kier alpha value is -1.80. The molecule has 0 aromatic heterocycles. The zero-order chi connectivity index (χ0) is 16.4. The molecule has 23 heavy (non-hydrogen) atoms. The molecule has 0 bridgehead atoms. The molecule has 2 atom stereocenters. The van der Waals surface area contributed by atoms with Crippen molar-refractivity contribution in [2.24, 2.45) is 5.92 Å². The molecule has 1 aliphatic heterocycles. The Morgan fingerprint density at radius 3 is 2.43 bits per heavy atom. The number of hydrogen-bond donors (Lipinski definition) is 0. The average Bonchev–Trinajstić information content (AvgIpc) is 2.86. The van der Waals surface area contributed by atoms with Crippen LogP contribution in [0.25, 0.3) is 0 Å². The minimum atomic E-state index is -0.666. The summed E-state index contributed by atoms with van der Waals surface area (Å²) in [5, 5.41) is 0.694. The van der Waals surface area contributed by atoms with E-state index in [0.29, 0.717) is 17.5 Å². The maximum absolute atomic E-state index is 12.9. The molecule has 1 fully saturated rings. The van der Waals surface area contributed by atoms with Crippen LogP contribution in [-0.2, 0) is 14.9 Å². The van der Waals surface area contributed by atoms with Gasteiger partial charge in [0.25, 0.3) is 0 Å². The van der Waals surface area contributed by atoms with E-state index in [-0.39, 0.29) is 11.9 Å². The van der Waals surface area contributed by atoms with Gasteiger partial charge in [0.05, 0.1) is 6.61 Å². The number of halogens is 1. The van der Waals surface area contributed by atoms with E-state index in [2.05, 4.69) is 13.8 Å². The van der Waals surface area contributed by atoms with E-state index in [1.807, 2.05) is 54.6 Å². The Morgan fingerprint density at radius 1 is 1.13 bits per heavy atom. The smallest absolute Gasteiger partial charge is 0.317 e. The molecule has 1 saturated heterocycles. The Morgan fingerprint density at radius 2 is 1.78 bits per heavy atom. The number of rotatable bonds is 4. The van der Waals surface area contributed by atoms with Gasteiger partial charge in [0, 0.05) is 10.9 Å². The number of cyclic esters (lactones) is 1. The number of carbonyl (C=O) groups excluding carboxylic acids is 1. The number of esters is 1. The zero-order valence-electron chi connectivity index (χ0n) is 13.5. The van der Waals surface area contributed by atoms with Gasteiger partial charge in [0.2, 0.25) is 0 Å². The Labute approximate surface area is 142 Å². The lowest BCUT2D eigenvalue weighted by Crippen LogP contribution is -2.38. The van der Waals surface area contributed by atoms with Crippen molar-refractivity contribution in [3.05, 3.63) is 70.7 Å². The van der Waals surface area contributed by atoms with Crippen LogP contribution >= 0.6 is 11.6 Å². The van der Waals surface area contributed by atoms with Crippen molar-refractivity contribution in [1.29, 1.82) is 0 Å². The van der Waals surface area contributed by atoms with E-state index in [4.69, 9.17) is 16.3 Å². The maximum atomic E-state index is 12.9. The summed E-state index contributed by atoms with van der Waals surface area (Å²) in [5.41, 5.74) is 1.34. The summed E-state index contributed by atoms with van der Waals surface area (Å²) in [6, 6.07) is 17.7. The Bertz CT molecular complexity index is 696. The van der Waals surface area contributed by atoms with Gasteiger partial charge in [-0.25, -0.2) is 0 Å². The predicted octanol–water partition coefficient (Wildman–Crippen LogP) is 4.96. The number of hydrogen-bond acceptors (Lipinski definition) is 2. The second-order valence-electron chi connectivity index (χ2n) is 6.61. The van der Waals surface area contributed by atoms with Crippen LogP contribution in [0.3, 0.4) is 0 Å². The molecule has 1 aliphatic rings. The molecule has 2 nitrogen and oxygen atoms in total. The number of carbonyl (C=O) groups is 1.